The molecule has 1 saturated heterocycles. The molecule has 1 heterocycles. The van der Waals surface area contributed by atoms with Gasteiger partial charge in [-0.15, -0.1) is 0 Å². The quantitative estimate of drug-likeness (QED) is 0.351. The van der Waals surface area contributed by atoms with Crippen molar-refractivity contribution in [3.8, 4) is 0 Å². The Morgan fingerprint density at radius 3 is 2.36 bits per heavy atom. The molecule has 9 heteroatoms. The number of rotatable bonds is 9. The number of hydrogen-bond acceptors (Lipinski definition) is 6. The van der Waals surface area contributed by atoms with Crippen LogP contribution in [0.3, 0.4) is 0 Å². The van der Waals surface area contributed by atoms with Crippen LogP contribution in [0.2, 0.25) is 0 Å². The van der Waals surface area contributed by atoms with Crippen LogP contribution in [0, 0.1) is 10.1 Å². The molecule has 174 valence electrons. The van der Waals surface area contributed by atoms with Crippen molar-refractivity contribution in [1.29, 1.82) is 0 Å². The zero-order valence-electron chi connectivity index (χ0n) is 18.3. The van der Waals surface area contributed by atoms with Crippen molar-refractivity contribution in [2.24, 2.45) is 0 Å². The van der Waals surface area contributed by atoms with Crippen LogP contribution in [-0.2, 0) is 21.3 Å². The van der Waals surface area contributed by atoms with Crippen molar-refractivity contribution >= 4 is 26.5 Å². The van der Waals surface area contributed by atoms with Crippen molar-refractivity contribution < 1.29 is 18.1 Å². The van der Waals surface area contributed by atoms with Gasteiger partial charge >= 0.3 is 0 Å². The molecule has 8 nitrogen and oxygen atoms in total. The summed E-state index contributed by atoms with van der Waals surface area (Å²) < 4.78 is 34.1. The highest BCUT2D eigenvalue weighted by Gasteiger charge is 2.25. The minimum absolute atomic E-state index is 0.0185. The molecule has 0 aromatic heterocycles. The molecule has 0 atom stereocenters. The highest BCUT2D eigenvalue weighted by atomic mass is 32.2. The number of fused-ring (bicyclic) bond motifs is 1. The van der Waals surface area contributed by atoms with E-state index in [0.717, 1.165) is 30.4 Å². The van der Waals surface area contributed by atoms with Crippen LogP contribution in [0.1, 0.15) is 12.0 Å². The number of benzene rings is 3. The first-order chi connectivity index (χ1) is 15.9. The number of nitro benzene ring substituents is 1. The summed E-state index contributed by atoms with van der Waals surface area (Å²) in [7, 11) is -3.76. The average molecular weight is 470 g/mol. The summed E-state index contributed by atoms with van der Waals surface area (Å²) in [5.41, 5.74) is 0.686. The van der Waals surface area contributed by atoms with Gasteiger partial charge in [0, 0.05) is 38.3 Å². The zero-order chi connectivity index (χ0) is 23.3. The van der Waals surface area contributed by atoms with Gasteiger partial charge < -0.3 is 4.74 Å². The number of sulfonamides is 1. The lowest BCUT2D eigenvalue weighted by Gasteiger charge is -2.28. The molecule has 0 bridgehead atoms. The molecule has 4 rings (SSSR count). The van der Waals surface area contributed by atoms with Crippen molar-refractivity contribution in [1.82, 2.24) is 9.21 Å². The minimum Gasteiger partial charge on any atom is -0.379 e. The molecule has 1 fully saturated rings. The van der Waals surface area contributed by atoms with Gasteiger partial charge in [-0.1, -0.05) is 42.5 Å². The third-order valence-corrected chi connectivity index (χ3v) is 7.69. The van der Waals surface area contributed by atoms with Crippen LogP contribution < -0.4 is 0 Å². The normalized spacial score (nSPS) is 15.2. The summed E-state index contributed by atoms with van der Waals surface area (Å²) in [5.74, 6) is 0. The molecule has 33 heavy (non-hydrogen) atoms. The number of hydrogen-bond donors (Lipinski definition) is 0. The molecule has 0 aliphatic carbocycles. The lowest BCUT2D eigenvalue weighted by atomic mass is 10.1. The topological polar surface area (TPSA) is 93.0 Å². The maximum absolute atomic E-state index is 13.6. The summed E-state index contributed by atoms with van der Waals surface area (Å²) in [6.45, 7) is 4.37. The van der Waals surface area contributed by atoms with Crippen LogP contribution in [0.5, 0.6) is 0 Å². The highest BCUT2D eigenvalue weighted by molar-refractivity contribution is 7.89. The Morgan fingerprint density at radius 1 is 0.970 bits per heavy atom. The van der Waals surface area contributed by atoms with Gasteiger partial charge in [0.05, 0.1) is 23.0 Å². The van der Waals surface area contributed by atoms with Gasteiger partial charge in [-0.05, 0) is 41.4 Å². The predicted octanol–water partition coefficient (Wildman–Crippen LogP) is 3.66. The van der Waals surface area contributed by atoms with E-state index in [1.54, 1.807) is 24.3 Å². The summed E-state index contributed by atoms with van der Waals surface area (Å²) >= 11 is 0. The smallest absolute Gasteiger partial charge is 0.269 e. The van der Waals surface area contributed by atoms with E-state index in [2.05, 4.69) is 4.90 Å². The largest absolute Gasteiger partial charge is 0.379 e. The highest BCUT2D eigenvalue weighted by Crippen LogP contribution is 2.24. The standard InChI is InChI=1S/C24H27N3O5S/c28-27(29)23-9-6-20(7-10-23)19-26(13-3-12-25-14-16-32-17-15-25)33(30,31)24-11-8-21-4-1-2-5-22(21)18-24/h1-2,4-11,18H,3,12-17,19H2. The Hall–Kier alpha value is -2.85. The van der Waals surface area contributed by atoms with Gasteiger partial charge in [0.2, 0.25) is 10.0 Å². The number of non-ortho nitro benzene ring substituents is 1. The maximum Gasteiger partial charge on any atom is 0.269 e. The fourth-order valence-corrected chi connectivity index (χ4v) is 5.49. The molecule has 0 N–H and O–H groups in total. The lowest BCUT2D eigenvalue weighted by molar-refractivity contribution is -0.384. The fourth-order valence-electron chi connectivity index (χ4n) is 3.98. The molecular formula is C24H27N3O5S. The number of ether oxygens (including phenoxy) is 1. The third kappa shape index (κ3) is 5.75. The van der Waals surface area contributed by atoms with Gasteiger partial charge in [-0.25, -0.2) is 8.42 Å². The SMILES string of the molecule is O=[N+]([O-])c1ccc(CN(CCCN2CCOCC2)S(=O)(=O)c2ccc3ccccc3c2)cc1. The molecule has 1 aliphatic heterocycles. The molecule has 0 spiro atoms. The Morgan fingerprint density at radius 2 is 1.67 bits per heavy atom. The molecule has 3 aromatic carbocycles. The van der Waals surface area contributed by atoms with E-state index in [4.69, 9.17) is 4.74 Å². The first-order valence-electron chi connectivity index (χ1n) is 11.0. The second kappa shape index (κ2) is 10.4. The average Bonchev–Trinajstić information content (AvgIpc) is 2.84. The van der Waals surface area contributed by atoms with Crippen LogP contribution in [0.25, 0.3) is 10.8 Å². The van der Waals surface area contributed by atoms with Crippen LogP contribution in [0.15, 0.2) is 71.6 Å². The van der Waals surface area contributed by atoms with Crippen molar-refractivity contribution in [2.75, 3.05) is 39.4 Å². The molecular weight excluding hydrogens is 442 g/mol. The van der Waals surface area contributed by atoms with Crippen LogP contribution >= 0.6 is 0 Å². The zero-order valence-corrected chi connectivity index (χ0v) is 19.1. The van der Waals surface area contributed by atoms with Crippen LogP contribution in [0.4, 0.5) is 5.69 Å². The second-order valence-electron chi connectivity index (χ2n) is 8.08. The summed E-state index contributed by atoms with van der Waals surface area (Å²) in [6.07, 6.45) is 0.680. The molecule has 0 radical (unpaired) electrons. The van der Waals surface area contributed by atoms with Crippen LogP contribution in [-0.4, -0.2) is 61.9 Å². The second-order valence-corrected chi connectivity index (χ2v) is 10.0. The number of nitrogens with zero attached hydrogens (tertiary/aromatic N) is 3. The van der Waals surface area contributed by atoms with E-state index >= 15 is 0 Å². The van der Waals surface area contributed by atoms with E-state index in [9.17, 15) is 18.5 Å². The molecule has 0 amide bonds. The van der Waals surface area contributed by atoms with E-state index in [1.807, 2.05) is 30.3 Å². The number of morpholine rings is 1. The Bertz CT molecular complexity index is 1210. The molecule has 3 aromatic rings. The fraction of sp³-hybridized carbons (Fsp3) is 0.333. The summed E-state index contributed by atoms with van der Waals surface area (Å²) in [4.78, 5) is 13.0. The Kier molecular flexibility index (Phi) is 7.34. The van der Waals surface area contributed by atoms with Gasteiger partial charge in [-0.3, -0.25) is 15.0 Å². The van der Waals surface area contributed by atoms with Crippen molar-refractivity contribution in [3.05, 3.63) is 82.4 Å². The Balaban J connectivity index is 1.57. The molecule has 0 saturated carbocycles. The van der Waals surface area contributed by atoms with E-state index < -0.39 is 14.9 Å². The third-order valence-electron chi connectivity index (χ3n) is 5.85. The van der Waals surface area contributed by atoms with E-state index in [0.29, 0.717) is 31.7 Å². The molecule has 1 aliphatic rings. The minimum atomic E-state index is -3.76. The monoisotopic (exact) mass is 469 g/mol. The van der Waals surface area contributed by atoms with Crippen molar-refractivity contribution in [3.63, 3.8) is 0 Å². The van der Waals surface area contributed by atoms with Gasteiger partial charge in [0.1, 0.15) is 0 Å². The van der Waals surface area contributed by atoms with E-state index in [-0.39, 0.29) is 17.1 Å². The van der Waals surface area contributed by atoms with Gasteiger partial charge in [0.15, 0.2) is 0 Å². The van der Waals surface area contributed by atoms with Crippen molar-refractivity contribution in [2.45, 2.75) is 17.9 Å². The van der Waals surface area contributed by atoms with Gasteiger partial charge in [-0.2, -0.15) is 4.31 Å². The molecule has 0 unspecified atom stereocenters. The lowest BCUT2D eigenvalue weighted by Crippen LogP contribution is -2.39. The van der Waals surface area contributed by atoms with Gasteiger partial charge in [0.25, 0.3) is 5.69 Å². The Labute approximate surface area is 193 Å². The predicted molar refractivity (Wildman–Crippen MR) is 127 cm³/mol. The first-order valence-corrected chi connectivity index (χ1v) is 12.4. The first kappa shape index (κ1) is 23.3. The summed E-state index contributed by atoms with van der Waals surface area (Å²) in [6, 6.07) is 18.9. The summed E-state index contributed by atoms with van der Waals surface area (Å²) in [5, 5.41) is 12.8. The maximum atomic E-state index is 13.6. The number of nitro groups is 1. The van der Waals surface area contributed by atoms with E-state index in [1.165, 1.54) is 16.4 Å².